The standard InChI is InChI=1S/C16H24N2O2.ClH/c1-12(15(17)13-7-4-3-5-8-13)16(19)18-10-6-9-14(11-18)20-2;/h3-5,7-8,12,14-15H,6,9-11,17H2,1-2H3;1H. The Bertz CT molecular complexity index is 441. The maximum atomic E-state index is 12.6. The summed E-state index contributed by atoms with van der Waals surface area (Å²) in [5.41, 5.74) is 7.24. The van der Waals surface area contributed by atoms with E-state index in [9.17, 15) is 4.79 Å². The summed E-state index contributed by atoms with van der Waals surface area (Å²) < 4.78 is 5.37. The Morgan fingerprint density at radius 1 is 1.38 bits per heavy atom. The van der Waals surface area contributed by atoms with E-state index in [1.165, 1.54) is 0 Å². The molecule has 3 unspecified atom stereocenters. The van der Waals surface area contributed by atoms with Crippen molar-refractivity contribution in [1.82, 2.24) is 4.90 Å². The van der Waals surface area contributed by atoms with E-state index in [1.54, 1.807) is 7.11 Å². The molecule has 5 heteroatoms. The maximum Gasteiger partial charge on any atom is 0.227 e. The molecule has 4 nitrogen and oxygen atoms in total. The lowest BCUT2D eigenvalue weighted by atomic mass is 9.93. The van der Waals surface area contributed by atoms with E-state index in [0.29, 0.717) is 6.54 Å². The largest absolute Gasteiger partial charge is 0.380 e. The van der Waals surface area contributed by atoms with E-state index in [1.807, 2.05) is 42.2 Å². The summed E-state index contributed by atoms with van der Waals surface area (Å²) in [5.74, 6) is -0.0869. The molecule has 0 bridgehead atoms. The van der Waals surface area contributed by atoms with Gasteiger partial charge in [0.25, 0.3) is 0 Å². The lowest BCUT2D eigenvalue weighted by molar-refractivity contribution is -0.139. The van der Waals surface area contributed by atoms with E-state index in [4.69, 9.17) is 10.5 Å². The van der Waals surface area contributed by atoms with Crippen LogP contribution in [0, 0.1) is 5.92 Å². The highest BCUT2D eigenvalue weighted by atomic mass is 35.5. The van der Waals surface area contributed by atoms with E-state index in [0.717, 1.165) is 24.9 Å². The van der Waals surface area contributed by atoms with Crippen LogP contribution < -0.4 is 5.73 Å². The molecule has 1 aliphatic rings. The predicted molar refractivity (Wildman–Crippen MR) is 86.4 cm³/mol. The third-order valence-electron chi connectivity index (χ3n) is 4.14. The number of carbonyl (C=O) groups is 1. The van der Waals surface area contributed by atoms with Crippen LogP contribution in [0.15, 0.2) is 30.3 Å². The fraction of sp³-hybridized carbons (Fsp3) is 0.562. The molecule has 3 atom stereocenters. The number of amides is 1. The zero-order valence-corrected chi connectivity index (χ0v) is 13.5. The second-order valence-electron chi connectivity index (χ2n) is 5.51. The Labute approximate surface area is 133 Å². The Morgan fingerprint density at radius 3 is 2.67 bits per heavy atom. The number of nitrogens with zero attached hydrogens (tertiary/aromatic N) is 1. The van der Waals surface area contributed by atoms with Crippen LogP contribution in [0.1, 0.15) is 31.4 Å². The number of likely N-dealkylation sites (tertiary alicyclic amines) is 1. The molecule has 0 aliphatic carbocycles. The van der Waals surface area contributed by atoms with Gasteiger partial charge in [-0.3, -0.25) is 4.79 Å². The van der Waals surface area contributed by atoms with Gasteiger partial charge in [-0.2, -0.15) is 0 Å². The summed E-state index contributed by atoms with van der Waals surface area (Å²) >= 11 is 0. The Kier molecular flexibility index (Phi) is 7.15. The van der Waals surface area contributed by atoms with Gasteiger partial charge in [0, 0.05) is 26.2 Å². The number of hydrogen-bond acceptors (Lipinski definition) is 3. The zero-order chi connectivity index (χ0) is 14.5. The number of ether oxygens (including phenoxy) is 1. The van der Waals surface area contributed by atoms with Crippen LogP contribution >= 0.6 is 12.4 Å². The van der Waals surface area contributed by atoms with Crippen molar-refractivity contribution in [3.63, 3.8) is 0 Å². The summed E-state index contributed by atoms with van der Waals surface area (Å²) in [7, 11) is 1.71. The molecular formula is C16H25ClN2O2. The van der Waals surface area contributed by atoms with E-state index >= 15 is 0 Å². The minimum absolute atomic E-state index is 0. The van der Waals surface area contributed by atoms with Crippen molar-refractivity contribution in [3.05, 3.63) is 35.9 Å². The van der Waals surface area contributed by atoms with Crippen molar-refractivity contribution < 1.29 is 9.53 Å². The third-order valence-corrected chi connectivity index (χ3v) is 4.14. The summed E-state index contributed by atoms with van der Waals surface area (Å²) in [6.45, 7) is 3.40. The summed E-state index contributed by atoms with van der Waals surface area (Å²) in [6, 6.07) is 9.55. The lowest BCUT2D eigenvalue weighted by Gasteiger charge is -2.34. The van der Waals surface area contributed by atoms with E-state index < -0.39 is 0 Å². The van der Waals surface area contributed by atoms with Gasteiger partial charge < -0.3 is 15.4 Å². The highest BCUT2D eigenvalue weighted by molar-refractivity contribution is 5.85. The first-order valence-electron chi connectivity index (χ1n) is 7.25. The number of hydrogen-bond donors (Lipinski definition) is 1. The first-order valence-corrected chi connectivity index (χ1v) is 7.25. The monoisotopic (exact) mass is 312 g/mol. The van der Waals surface area contributed by atoms with Crippen LogP contribution in [0.3, 0.4) is 0 Å². The first-order chi connectivity index (χ1) is 9.63. The number of methoxy groups -OCH3 is 1. The highest BCUT2D eigenvalue weighted by Gasteiger charge is 2.30. The van der Waals surface area contributed by atoms with Crippen molar-refractivity contribution in [2.45, 2.75) is 31.9 Å². The van der Waals surface area contributed by atoms with Gasteiger partial charge in [0.2, 0.25) is 5.91 Å². The highest BCUT2D eigenvalue weighted by Crippen LogP contribution is 2.23. The van der Waals surface area contributed by atoms with E-state index in [2.05, 4.69) is 0 Å². The molecule has 118 valence electrons. The zero-order valence-electron chi connectivity index (χ0n) is 12.7. The number of nitrogens with two attached hydrogens (primary N) is 1. The van der Waals surface area contributed by atoms with Gasteiger partial charge in [-0.15, -0.1) is 12.4 Å². The molecule has 1 amide bonds. The number of rotatable bonds is 4. The topological polar surface area (TPSA) is 55.6 Å². The van der Waals surface area contributed by atoms with Crippen LogP contribution in [0.4, 0.5) is 0 Å². The summed E-state index contributed by atoms with van der Waals surface area (Å²) in [4.78, 5) is 14.5. The average Bonchev–Trinajstić information content (AvgIpc) is 2.53. The molecule has 0 radical (unpaired) electrons. The van der Waals surface area contributed by atoms with Crippen molar-refractivity contribution >= 4 is 18.3 Å². The average molecular weight is 313 g/mol. The molecule has 1 saturated heterocycles. The SMILES string of the molecule is COC1CCCN(C(=O)C(C)C(N)c2ccccc2)C1.Cl. The van der Waals surface area contributed by atoms with Crippen LogP contribution in [0.2, 0.25) is 0 Å². The van der Waals surface area contributed by atoms with E-state index in [-0.39, 0.29) is 36.4 Å². The number of halogens is 1. The Morgan fingerprint density at radius 2 is 2.05 bits per heavy atom. The van der Waals surface area contributed by atoms with Crippen molar-refractivity contribution in [1.29, 1.82) is 0 Å². The molecule has 1 aromatic carbocycles. The second kappa shape index (κ2) is 8.37. The molecule has 2 N–H and O–H groups in total. The van der Waals surface area contributed by atoms with Crippen molar-refractivity contribution in [3.8, 4) is 0 Å². The smallest absolute Gasteiger partial charge is 0.227 e. The fourth-order valence-corrected chi connectivity index (χ4v) is 2.74. The van der Waals surface area contributed by atoms with Crippen molar-refractivity contribution in [2.24, 2.45) is 11.7 Å². The van der Waals surface area contributed by atoms with Crippen LogP contribution in [-0.4, -0.2) is 37.1 Å². The minimum atomic E-state index is -0.258. The summed E-state index contributed by atoms with van der Waals surface area (Å²) in [5, 5.41) is 0. The van der Waals surface area contributed by atoms with Gasteiger partial charge in [0.05, 0.1) is 12.0 Å². The second-order valence-corrected chi connectivity index (χ2v) is 5.51. The Hall–Kier alpha value is -1.10. The molecular weight excluding hydrogens is 288 g/mol. The fourth-order valence-electron chi connectivity index (χ4n) is 2.74. The third kappa shape index (κ3) is 4.43. The van der Waals surface area contributed by atoms with Crippen LogP contribution in [0.25, 0.3) is 0 Å². The van der Waals surface area contributed by atoms with Gasteiger partial charge in [-0.1, -0.05) is 37.3 Å². The molecule has 0 aromatic heterocycles. The van der Waals surface area contributed by atoms with Gasteiger partial charge in [0.1, 0.15) is 0 Å². The molecule has 21 heavy (non-hydrogen) atoms. The maximum absolute atomic E-state index is 12.6. The number of carbonyl (C=O) groups excluding carboxylic acids is 1. The van der Waals surface area contributed by atoms with Gasteiger partial charge in [0.15, 0.2) is 0 Å². The minimum Gasteiger partial charge on any atom is -0.380 e. The molecule has 1 aromatic rings. The molecule has 0 saturated carbocycles. The quantitative estimate of drug-likeness (QED) is 0.928. The predicted octanol–water partition coefficient (Wildman–Crippen LogP) is 2.38. The molecule has 1 aliphatic heterocycles. The van der Waals surface area contributed by atoms with Crippen LogP contribution in [-0.2, 0) is 9.53 Å². The van der Waals surface area contributed by atoms with Gasteiger partial charge in [-0.05, 0) is 18.4 Å². The molecule has 0 spiro atoms. The number of piperidine rings is 1. The molecule has 1 fully saturated rings. The normalized spacial score (nSPS) is 21.3. The Balaban J connectivity index is 0.00000220. The number of benzene rings is 1. The molecule has 1 heterocycles. The van der Waals surface area contributed by atoms with Gasteiger partial charge in [-0.25, -0.2) is 0 Å². The first kappa shape index (κ1) is 18.0. The van der Waals surface area contributed by atoms with Gasteiger partial charge >= 0.3 is 0 Å². The van der Waals surface area contributed by atoms with Crippen molar-refractivity contribution in [2.75, 3.05) is 20.2 Å². The summed E-state index contributed by atoms with van der Waals surface area (Å²) in [6.07, 6.45) is 2.18. The lowest BCUT2D eigenvalue weighted by Crippen LogP contribution is -2.46. The molecule has 2 rings (SSSR count). The van der Waals surface area contributed by atoms with Crippen LogP contribution in [0.5, 0.6) is 0 Å².